The second-order valence-electron chi connectivity index (χ2n) is 2.77. The molecule has 0 aliphatic rings. The fourth-order valence-corrected chi connectivity index (χ4v) is 0.944. The number of rotatable bonds is 2. The van der Waals surface area contributed by atoms with Crippen molar-refractivity contribution in [2.45, 2.75) is 0 Å². The van der Waals surface area contributed by atoms with Crippen LogP contribution in [-0.2, 0) is 4.74 Å². The number of pyridine rings is 1. The average molecular weight is 258 g/mol. The monoisotopic (exact) mass is 258 g/mol. The molecule has 1 aromatic rings. The fourth-order valence-electron chi connectivity index (χ4n) is 0.944. The van der Waals surface area contributed by atoms with E-state index in [0.29, 0.717) is 12.3 Å². The van der Waals surface area contributed by atoms with Crippen LogP contribution in [0.5, 0.6) is 0 Å². The Hall–Kier alpha value is -0.0887. The minimum absolute atomic E-state index is 0. The number of carbonyl (C=O) groups excluding carboxylic acids is 1. The number of carbonyl (C=O) groups is 1. The van der Waals surface area contributed by atoms with E-state index in [0.717, 1.165) is 7.11 Å². The number of nitrogens with two attached hydrogens (primary N) is 1. The molecular weight excluding hydrogens is 251 g/mol. The molecule has 82 valence electrons. The summed E-state index contributed by atoms with van der Waals surface area (Å²) in [6.07, 6.45) is 0.585. The van der Waals surface area contributed by atoms with Crippen LogP contribution in [0, 0.1) is 0 Å². The molecule has 2 N–H and O–H groups in total. The molecule has 1 rings (SSSR count). The van der Waals surface area contributed by atoms with Gasteiger partial charge in [0.05, 0.1) is 12.7 Å². The number of halogens is 3. The van der Waals surface area contributed by atoms with E-state index in [1.165, 1.54) is 0 Å². The summed E-state index contributed by atoms with van der Waals surface area (Å²) in [6.45, 7) is -5.20. The Bertz CT molecular complexity index is 400. The van der Waals surface area contributed by atoms with Crippen molar-refractivity contribution in [1.29, 1.82) is 0 Å². The summed E-state index contributed by atoms with van der Waals surface area (Å²) in [5.74, 6) is -1.23. The normalized spacial score (nSPS) is 10.5. The number of esters is 1. The molecule has 0 aliphatic carbocycles. The molecule has 1 heterocycles. The summed E-state index contributed by atoms with van der Waals surface area (Å²) in [6, 6.07) is 0.633. The maximum Gasteiger partial charge on any atom is 1.00 e. The average Bonchev–Trinajstić information content (AvgIpc) is 2.15. The van der Waals surface area contributed by atoms with E-state index < -0.39 is 18.4 Å². The summed E-state index contributed by atoms with van der Waals surface area (Å²) >= 11 is 0. The van der Waals surface area contributed by atoms with Crippen molar-refractivity contribution in [3.63, 3.8) is 0 Å². The van der Waals surface area contributed by atoms with Gasteiger partial charge in [-0.05, 0) is 0 Å². The predicted octanol–water partition coefficient (Wildman–Crippen LogP) is -2.49. The zero-order chi connectivity index (χ0) is 11.6. The first-order valence-electron chi connectivity index (χ1n) is 3.90. The summed E-state index contributed by atoms with van der Waals surface area (Å²) in [5.41, 5.74) is 3.87. The van der Waals surface area contributed by atoms with Gasteiger partial charge in [-0.3, -0.25) is 0 Å². The Morgan fingerprint density at radius 1 is 1.50 bits per heavy atom. The van der Waals surface area contributed by atoms with Crippen molar-refractivity contribution < 1.29 is 73.9 Å². The van der Waals surface area contributed by atoms with E-state index in [1.807, 2.05) is 0 Å². The zero-order valence-electron chi connectivity index (χ0n) is 8.71. The molecule has 0 aromatic carbocycles. The van der Waals surface area contributed by atoms with Crippen molar-refractivity contribution in [2.75, 3.05) is 12.8 Å². The maximum atomic E-state index is 12.3. The Morgan fingerprint density at radius 2 is 2.06 bits per heavy atom. The van der Waals surface area contributed by atoms with Gasteiger partial charge in [0.15, 0.2) is 0 Å². The third kappa shape index (κ3) is 3.74. The largest absolute Gasteiger partial charge is 1.00 e. The first kappa shape index (κ1) is 15.9. The first-order chi connectivity index (χ1) is 6.86. The quantitative estimate of drug-likeness (QED) is 0.471. The van der Waals surface area contributed by atoms with Crippen molar-refractivity contribution in [2.24, 2.45) is 0 Å². The second-order valence-corrected chi connectivity index (χ2v) is 2.77. The smallest absolute Gasteiger partial charge is 0.465 e. The van der Waals surface area contributed by atoms with Crippen LogP contribution in [0.15, 0.2) is 12.3 Å². The molecule has 0 spiro atoms. The van der Waals surface area contributed by atoms with Gasteiger partial charge in [-0.15, -0.1) is 0 Å². The molecule has 0 saturated heterocycles. The predicted molar refractivity (Wildman–Crippen MR) is 48.7 cm³/mol. The molecule has 0 saturated carbocycles. The second kappa shape index (κ2) is 6.01. The minimum Gasteiger partial charge on any atom is -0.465 e. The molecule has 0 amide bonds. The Balaban J connectivity index is 0.00000225. The molecule has 0 radical (unpaired) electrons. The van der Waals surface area contributed by atoms with Gasteiger partial charge in [0.2, 0.25) is 0 Å². The minimum atomic E-state index is -5.20. The summed E-state index contributed by atoms with van der Waals surface area (Å²) < 4.78 is 41.2. The molecule has 0 bridgehead atoms. The molecule has 16 heavy (non-hydrogen) atoms. The standard InChI is InChI=1S/C7H7BF3N2O2.K/c1-15-7(14)5-2-4(8(9,10)11)3-13-6(5)12;/h2-3H,1H3,(H2,12,13);/q-1;+1. The third-order valence-electron chi connectivity index (χ3n) is 1.72. The van der Waals surface area contributed by atoms with Gasteiger partial charge in [-0.2, -0.15) is 0 Å². The van der Waals surface area contributed by atoms with Crippen LogP contribution in [0.2, 0.25) is 0 Å². The zero-order valence-corrected chi connectivity index (χ0v) is 11.8. The number of methoxy groups -OCH3 is 1. The van der Waals surface area contributed by atoms with Gasteiger partial charge in [0.25, 0.3) is 0 Å². The molecular formula is C7H7BF3KN2O2. The van der Waals surface area contributed by atoms with Crippen LogP contribution in [0.25, 0.3) is 0 Å². The Kier molecular flexibility index (Phi) is 5.98. The van der Waals surface area contributed by atoms with E-state index >= 15 is 0 Å². The van der Waals surface area contributed by atoms with Gasteiger partial charge in [0.1, 0.15) is 5.82 Å². The van der Waals surface area contributed by atoms with Crippen LogP contribution in [-0.4, -0.2) is 25.0 Å². The summed E-state index contributed by atoms with van der Waals surface area (Å²) in [7, 11) is 1.05. The molecule has 0 fully saturated rings. The topological polar surface area (TPSA) is 65.2 Å². The van der Waals surface area contributed by atoms with E-state index in [4.69, 9.17) is 5.73 Å². The molecule has 0 aliphatic heterocycles. The number of aromatic nitrogens is 1. The third-order valence-corrected chi connectivity index (χ3v) is 1.72. The van der Waals surface area contributed by atoms with E-state index in [1.54, 1.807) is 0 Å². The molecule has 9 heteroatoms. The van der Waals surface area contributed by atoms with E-state index in [-0.39, 0.29) is 62.8 Å². The van der Waals surface area contributed by atoms with Crippen LogP contribution in [0.1, 0.15) is 10.4 Å². The number of anilines is 1. The molecule has 0 unspecified atom stereocenters. The number of ether oxygens (including phenoxy) is 1. The van der Waals surface area contributed by atoms with Crippen molar-refractivity contribution in [1.82, 2.24) is 4.98 Å². The Labute approximate surface area is 132 Å². The van der Waals surface area contributed by atoms with Crippen LogP contribution in [0.4, 0.5) is 18.8 Å². The summed E-state index contributed by atoms with van der Waals surface area (Å²) in [4.78, 5) is 14.3. The van der Waals surface area contributed by atoms with E-state index in [2.05, 4.69) is 9.72 Å². The van der Waals surface area contributed by atoms with Crippen LogP contribution in [0.3, 0.4) is 0 Å². The van der Waals surface area contributed by atoms with Gasteiger partial charge >= 0.3 is 64.3 Å². The van der Waals surface area contributed by atoms with Crippen molar-refractivity contribution in [3.8, 4) is 0 Å². The van der Waals surface area contributed by atoms with Gasteiger partial charge in [0, 0.05) is 6.20 Å². The molecule has 1 aromatic heterocycles. The number of nitrogen functional groups attached to an aromatic ring is 1. The van der Waals surface area contributed by atoms with Gasteiger partial charge in [-0.25, -0.2) is 9.78 Å². The van der Waals surface area contributed by atoms with Gasteiger partial charge in [-0.1, -0.05) is 11.5 Å². The van der Waals surface area contributed by atoms with Gasteiger partial charge < -0.3 is 23.4 Å². The van der Waals surface area contributed by atoms with Crippen LogP contribution >= 0.6 is 0 Å². The van der Waals surface area contributed by atoms with E-state index in [9.17, 15) is 17.7 Å². The Morgan fingerprint density at radius 3 is 2.50 bits per heavy atom. The molecule has 4 nitrogen and oxygen atoms in total. The van der Waals surface area contributed by atoms with Crippen LogP contribution < -0.4 is 62.6 Å². The van der Waals surface area contributed by atoms with Crippen molar-refractivity contribution >= 4 is 24.2 Å². The first-order valence-corrected chi connectivity index (χ1v) is 3.90. The maximum absolute atomic E-state index is 12.3. The summed E-state index contributed by atoms with van der Waals surface area (Å²) in [5, 5.41) is 0. The SMILES string of the molecule is COC(=O)c1cc([B-](F)(F)F)cnc1N.[K+]. The number of hydrogen-bond donors (Lipinski definition) is 1. The fraction of sp³-hybridized carbons (Fsp3) is 0.143. The number of nitrogens with zero attached hydrogens (tertiary/aromatic N) is 1. The van der Waals surface area contributed by atoms with Crippen molar-refractivity contribution in [3.05, 3.63) is 17.8 Å². The molecule has 0 atom stereocenters. The number of hydrogen-bond acceptors (Lipinski definition) is 4.